The van der Waals surface area contributed by atoms with Crippen molar-refractivity contribution in [2.75, 3.05) is 7.05 Å². The van der Waals surface area contributed by atoms with Crippen LogP contribution in [0.15, 0.2) is 24.3 Å². The van der Waals surface area contributed by atoms with Crippen molar-refractivity contribution in [3.05, 3.63) is 35.6 Å². The van der Waals surface area contributed by atoms with Gasteiger partial charge < -0.3 is 5.11 Å². The first-order valence-electron chi connectivity index (χ1n) is 5.61. The third kappa shape index (κ3) is 4.29. The van der Waals surface area contributed by atoms with E-state index in [1.165, 1.54) is 12.1 Å². The monoisotopic (exact) mass is 225 g/mol. The highest BCUT2D eigenvalue weighted by Crippen LogP contribution is 2.10. The molecule has 1 aromatic carbocycles. The third-order valence-corrected chi connectivity index (χ3v) is 2.78. The van der Waals surface area contributed by atoms with E-state index in [0.29, 0.717) is 6.04 Å². The molecule has 16 heavy (non-hydrogen) atoms. The molecule has 1 rings (SSSR count). The van der Waals surface area contributed by atoms with Crippen LogP contribution in [0.25, 0.3) is 0 Å². The summed E-state index contributed by atoms with van der Waals surface area (Å²) >= 11 is 0. The van der Waals surface area contributed by atoms with Crippen molar-refractivity contribution in [2.45, 2.75) is 39.0 Å². The molecule has 2 atom stereocenters. The van der Waals surface area contributed by atoms with E-state index in [0.717, 1.165) is 18.5 Å². The molecule has 0 aliphatic rings. The Labute approximate surface area is 96.7 Å². The molecule has 1 aromatic rings. The van der Waals surface area contributed by atoms with Gasteiger partial charge in [-0.05, 0) is 45.0 Å². The van der Waals surface area contributed by atoms with Gasteiger partial charge in [0.1, 0.15) is 5.82 Å². The van der Waals surface area contributed by atoms with E-state index in [-0.39, 0.29) is 11.9 Å². The topological polar surface area (TPSA) is 23.5 Å². The minimum atomic E-state index is -0.286. The number of hydrogen-bond acceptors (Lipinski definition) is 2. The zero-order valence-corrected chi connectivity index (χ0v) is 10.2. The van der Waals surface area contributed by atoms with Crippen LogP contribution in [0.2, 0.25) is 0 Å². The predicted octanol–water partition coefficient (Wildman–Crippen LogP) is 2.42. The Morgan fingerprint density at radius 2 is 1.81 bits per heavy atom. The lowest BCUT2D eigenvalue weighted by atomic mass is 10.1. The second-order valence-electron chi connectivity index (χ2n) is 4.48. The predicted molar refractivity (Wildman–Crippen MR) is 63.6 cm³/mol. The number of aliphatic hydroxyl groups is 1. The number of nitrogens with zero attached hydrogens (tertiary/aromatic N) is 1. The SMILES string of the molecule is CC(O)CC(C)N(C)Cc1ccc(F)cc1. The lowest BCUT2D eigenvalue weighted by Gasteiger charge is -2.25. The first-order chi connectivity index (χ1) is 7.49. The van der Waals surface area contributed by atoms with Crippen LogP contribution < -0.4 is 0 Å². The molecular weight excluding hydrogens is 205 g/mol. The number of aliphatic hydroxyl groups excluding tert-OH is 1. The summed E-state index contributed by atoms with van der Waals surface area (Å²) in [4.78, 5) is 2.15. The number of halogens is 1. The molecule has 0 aliphatic carbocycles. The molecule has 0 fully saturated rings. The van der Waals surface area contributed by atoms with Gasteiger partial charge in [-0.2, -0.15) is 0 Å². The van der Waals surface area contributed by atoms with E-state index in [1.807, 2.05) is 7.05 Å². The van der Waals surface area contributed by atoms with Crippen molar-refractivity contribution < 1.29 is 9.50 Å². The number of benzene rings is 1. The molecule has 0 spiro atoms. The summed E-state index contributed by atoms with van der Waals surface area (Å²) in [6.45, 7) is 4.65. The molecule has 0 amide bonds. The third-order valence-electron chi connectivity index (χ3n) is 2.78. The van der Waals surface area contributed by atoms with Crippen LogP contribution >= 0.6 is 0 Å². The lowest BCUT2D eigenvalue weighted by Crippen LogP contribution is -2.31. The molecule has 0 saturated heterocycles. The average molecular weight is 225 g/mol. The molecule has 0 radical (unpaired) electrons. The molecule has 2 nitrogen and oxygen atoms in total. The Hall–Kier alpha value is -0.930. The summed E-state index contributed by atoms with van der Waals surface area (Å²) in [6, 6.07) is 6.84. The van der Waals surface area contributed by atoms with E-state index in [4.69, 9.17) is 0 Å². The van der Waals surface area contributed by atoms with Gasteiger partial charge in [-0.3, -0.25) is 4.90 Å². The van der Waals surface area contributed by atoms with Crippen molar-refractivity contribution in [1.82, 2.24) is 4.90 Å². The van der Waals surface area contributed by atoms with Crippen LogP contribution in [-0.2, 0) is 6.54 Å². The van der Waals surface area contributed by atoms with Crippen LogP contribution in [0.5, 0.6) is 0 Å². The molecule has 90 valence electrons. The summed E-state index contributed by atoms with van der Waals surface area (Å²) in [6.07, 6.45) is 0.461. The molecule has 0 aliphatic heterocycles. The maximum absolute atomic E-state index is 12.7. The highest BCUT2D eigenvalue weighted by atomic mass is 19.1. The molecular formula is C13H20FNO. The van der Waals surface area contributed by atoms with Crippen molar-refractivity contribution in [2.24, 2.45) is 0 Å². The Bertz CT molecular complexity index is 310. The maximum atomic E-state index is 12.7. The minimum absolute atomic E-state index is 0.205. The lowest BCUT2D eigenvalue weighted by molar-refractivity contribution is 0.131. The smallest absolute Gasteiger partial charge is 0.123 e. The fourth-order valence-electron chi connectivity index (χ4n) is 1.71. The van der Waals surface area contributed by atoms with Gasteiger partial charge in [-0.1, -0.05) is 12.1 Å². The molecule has 3 heteroatoms. The molecule has 0 aromatic heterocycles. The second-order valence-corrected chi connectivity index (χ2v) is 4.48. The summed E-state index contributed by atoms with van der Waals surface area (Å²) in [5.41, 5.74) is 1.08. The molecule has 0 saturated carbocycles. The molecule has 0 heterocycles. The fraction of sp³-hybridized carbons (Fsp3) is 0.538. The highest BCUT2D eigenvalue weighted by molar-refractivity contribution is 5.15. The number of hydrogen-bond donors (Lipinski definition) is 1. The van der Waals surface area contributed by atoms with E-state index < -0.39 is 0 Å². The molecule has 0 bridgehead atoms. The van der Waals surface area contributed by atoms with Gasteiger partial charge >= 0.3 is 0 Å². The standard InChI is InChI=1S/C13H20FNO/c1-10(8-11(2)16)15(3)9-12-4-6-13(14)7-5-12/h4-7,10-11,16H,8-9H2,1-3H3. The summed E-state index contributed by atoms with van der Waals surface area (Å²) in [7, 11) is 2.01. The van der Waals surface area contributed by atoms with Crippen molar-refractivity contribution in [3.8, 4) is 0 Å². The Morgan fingerprint density at radius 1 is 1.25 bits per heavy atom. The van der Waals surface area contributed by atoms with Crippen molar-refractivity contribution >= 4 is 0 Å². The molecule has 2 unspecified atom stereocenters. The highest BCUT2D eigenvalue weighted by Gasteiger charge is 2.11. The molecule has 1 N–H and O–H groups in total. The summed E-state index contributed by atoms with van der Waals surface area (Å²) in [5, 5.41) is 9.30. The van der Waals surface area contributed by atoms with E-state index in [2.05, 4.69) is 11.8 Å². The first kappa shape index (κ1) is 13.1. The second kappa shape index (κ2) is 5.97. The largest absolute Gasteiger partial charge is 0.393 e. The fourth-order valence-corrected chi connectivity index (χ4v) is 1.71. The first-order valence-corrected chi connectivity index (χ1v) is 5.61. The van der Waals surface area contributed by atoms with Crippen LogP contribution in [0, 0.1) is 5.82 Å². The van der Waals surface area contributed by atoms with Gasteiger partial charge in [0.2, 0.25) is 0 Å². The van der Waals surface area contributed by atoms with Crippen LogP contribution in [0.1, 0.15) is 25.8 Å². The van der Waals surface area contributed by atoms with Crippen molar-refractivity contribution in [1.29, 1.82) is 0 Å². The van der Waals surface area contributed by atoms with E-state index >= 15 is 0 Å². The Kier molecular flexibility index (Phi) is 4.90. The van der Waals surface area contributed by atoms with Gasteiger partial charge in [0.15, 0.2) is 0 Å². The van der Waals surface area contributed by atoms with Gasteiger partial charge in [0.25, 0.3) is 0 Å². The summed E-state index contributed by atoms with van der Waals surface area (Å²) < 4.78 is 12.7. The maximum Gasteiger partial charge on any atom is 0.123 e. The average Bonchev–Trinajstić information content (AvgIpc) is 2.20. The van der Waals surface area contributed by atoms with Gasteiger partial charge in [0.05, 0.1) is 6.10 Å². The zero-order valence-electron chi connectivity index (χ0n) is 10.2. The Morgan fingerprint density at radius 3 is 2.31 bits per heavy atom. The number of rotatable bonds is 5. The van der Waals surface area contributed by atoms with Crippen molar-refractivity contribution in [3.63, 3.8) is 0 Å². The Balaban J connectivity index is 2.50. The normalized spacial score (nSPS) is 15.1. The van der Waals surface area contributed by atoms with E-state index in [1.54, 1.807) is 19.1 Å². The van der Waals surface area contributed by atoms with Crippen LogP contribution in [-0.4, -0.2) is 29.2 Å². The van der Waals surface area contributed by atoms with Crippen LogP contribution in [0.4, 0.5) is 4.39 Å². The van der Waals surface area contributed by atoms with Gasteiger partial charge in [0, 0.05) is 12.6 Å². The summed E-state index contributed by atoms with van der Waals surface area (Å²) in [5.74, 6) is -0.205. The zero-order chi connectivity index (χ0) is 12.1. The van der Waals surface area contributed by atoms with E-state index in [9.17, 15) is 9.50 Å². The quantitative estimate of drug-likeness (QED) is 0.832. The minimum Gasteiger partial charge on any atom is -0.393 e. The van der Waals surface area contributed by atoms with Gasteiger partial charge in [-0.15, -0.1) is 0 Å². The van der Waals surface area contributed by atoms with Gasteiger partial charge in [-0.25, -0.2) is 4.39 Å². The van der Waals surface area contributed by atoms with Crippen LogP contribution in [0.3, 0.4) is 0 Å².